The van der Waals surface area contributed by atoms with E-state index in [2.05, 4.69) is 17.9 Å². The molecule has 0 aliphatic carbocycles. The molecule has 0 saturated heterocycles. The molecular formula is C12H17NO3S2. The maximum Gasteiger partial charge on any atom is 0.411 e. The Bertz CT molecular complexity index is 357. The second kappa shape index (κ2) is 9.13. The number of rotatable bonds is 7. The van der Waals surface area contributed by atoms with Gasteiger partial charge in [-0.25, -0.2) is 4.79 Å². The summed E-state index contributed by atoms with van der Waals surface area (Å²) in [5, 5.41) is 2.64. The van der Waals surface area contributed by atoms with Gasteiger partial charge >= 0.3 is 6.09 Å². The van der Waals surface area contributed by atoms with Crippen molar-refractivity contribution in [1.82, 2.24) is 0 Å². The van der Waals surface area contributed by atoms with E-state index in [-0.39, 0.29) is 6.61 Å². The van der Waals surface area contributed by atoms with E-state index in [0.717, 1.165) is 4.90 Å². The van der Waals surface area contributed by atoms with Crippen LogP contribution in [0.5, 0.6) is 0 Å². The van der Waals surface area contributed by atoms with Crippen molar-refractivity contribution in [2.45, 2.75) is 4.90 Å². The topological polar surface area (TPSA) is 47.6 Å². The van der Waals surface area contributed by atoms with Crippen molar-refractivity contribution in [2.75, 3.05) is 37.1 Å². The molecule has 0 radical (unpaired) electrons. The van der Waals surface area contributed by atoms with Crippen LogP contribution in [0, 0.1) is 0 Å². The zero-order valence-electron chi connectivity index (χ0n) is 10.2. The largest absolute Gasteiger partial charge is 0.447 e. The second-order valence-electron chi connectivity index (χ2n) is 3.33. The number of hydrogen-bond acceptors (Lipinski definition) is 5. The molecule has 6 heteroatoms. The number of amides is 1. The Morgan fingerprint density at radius 3 is 2.61 bits per heavy atom. The first-order valence-electron chi connectivity index (χ1n) is 5.52. The molecule has 0 fully saturated rings. The van der Waals surface area contributed by atoms with Gasteiger partial charge in [0, 0.05) is 16.3 Å². The number of nitrogens with one attached hydrogen (secondary N) is 1. The lowest BCUT2D eigenvalue weighted by atomic mass is 10.3. The van der Waals surface area contributed by atoms with Crippen molar-refractivity contribution >= 4 is 36.2 Å². The van der Waals surface area contributed by atoms with E-state index in [1.807, 2.05) is 30.5 Å². The quantitative estimate of drug-likeness (QED) is 0.460. The minimum atomic E-state index is -0.471. The maximum absolute atomic E-state index is 11.4. The van der Waals surface area contributed by atoms with Gasteiger partial charge in [-0.15, -0.1) is 11.8 Å². The first-order chi connectivity index (χ1) is 8.76. The minimum absolute atomic E-state index is 0.239. The van der Waals surface area contributed by atoms with E-state index in [1.54, 1.807) is 11.8 Å². The summed E-state index contributed by atoms with van der Waals surface area (Å²) in [6.07, 6.45) is 1.53. The van der Waals surface area contributed by atoms with Crippen molar-refractivity contribution in [3.63, 3.8) is 0 Å². The number of hydrogen-bond donors (Lipinski definition) is 2. The van der Waals surface area contributed by atoms with Gasteiger partial charge in [0.05, 0.1) is 13.2 Å². The minimum Gasteiger partial charge on any atom is -0.447 e. The Labute approximate surface area is 117 Å². The molecule has 0 heterocycles. The van der Waals surface area contributed by atoms with Crippen LogP contribution >= 0.6 is 24.4 Å². The molecule has 18 heavy (non-hydrogen) atoms. The molecule has 0 unspecified atom stereocenters. The third-order valence-corrected chi connectivity index (χ3v) is 2.96. The number of ether oxygens (including phenoxy) is 2. The molecular weight excluding hydrogens is 270 g/mol. The highest BCUT2D eigenvalue weighted by molar-refractivity contribution is 7.98. The summed E-state index contributed by atoms with van der Waals surface area (Å²) in [5.74, 6) is 0.661. The van der Waals surface area contributed by atoms with Crippen molar-refractivity contribution in [3.05, 3.63) is 24.3 Å². The zero-order chi connectivity index (χ0) is 13.2. The highest BCUT2D eigenvalue weighted by Gasteiger charge is 2.02. The van der Waals surface area contributed by atoms with Gasteiger partial charge < -0.3 is 9.47 Å². The molecule has 1 aromatic rings. The fraction of sp³-hybridized carbons (Fsp3) is 0.417. The SMILES string of the molecule is CSc1ccc(NC(=O)OCCOCCS)cc1. The number of carbonyl (C=O) groups is 1. The molecule has 1 N–H and O–H groups in total. The number of thiol groups is 1. The molecule has 1 rings (SSSR count). The van der Waals surface area contributed by atoms with Gasteiger partial charge in [-0.3, -0.25) is 5.32 Å². The number of carbonyl (C=O) groups excluding carboxylic acids is 1. The van der Waals surface area contributed by atoms with Gasteiger partial charge in [-0.1, -0.05) is 0 Å². The molecule has 0 saturated carbocycles. The first-order valence-corrected chi connectivity index (χ1v) is 7.38. The Morgan fingerprint density at radius 2 is 2.00 bits per heavy atom. The average Bonchev–Trinajstić information content (AvgIpc) is 2.39. The number of benzene rings is 1. The Kier molecular flexibility index (Phi) is 7.71. The van der Waals surface area contributed by atoms with Crippen LogP contribution in [0.15, 0.2) is 29.2 Å². The Hall–Kier alpha value is -0.850. The third-order valence-electron chi connectivity index (χ3n) is 2.03. The fourth-order valence-electron chi connectivity index (χ4n) is 1.19. The lowest BCUT2D eigenvalue weighted by molar-refractivity contribution is 0.0863. The zero-order valence-corrected chi connectivity index (χ0v) is 11.9. The fourth-order valence-corrected chi connectivity index (χ4v) is 1.73. The second-order valence-corrected chi connectivity index (χ2v) is 4.65. The van der Waals surface area contributed by atoms with Gasteiger partial charge in [0.2, 0.25) is 0 Å². The molecule has 0 bridgehead atoms. The molecule has 1 amide bonds. The van der Waals surface area contributed by atoms with Crippen molar-refractivity contribution in [3.8, 4) is 0 Å². The molecule has 0 atom stereocenters. The van der Waals surface area contributed by atoms with Crippen LogP contribution in [-0.2, 0) is 9.47 Å². The van der Waals surface area contributed by atoms with E-state index < -0.39 is 6.09 Å². The highest BCUT2D eigenvalue weighted by atomic mass is 32.2. The van der Waals surface area contributed by atoms with E-state index in [0.29, 0.717) is 24.7 Å². The van der Waals surface area contributed by atoms with Gasteiger partial charge in [0.1, 0.15) is 6.61 Å². The molecule has 0 aliphatic rings. The summed E-state index contributed by atoms with van der Waals surface area (Å²) < 4.78 is 10.1. The van der Waals surface area contributed by atoms with Crippen LogP contribution in [-0.4, -0.2) is 37.9 Å². The number of thioether (sulfide) groups is 1. The average molecular weight is 287 g/mol. The van der Waals surface area contributed by atoms with Crippen LogP contribution in [0.1, 0.15) is 0 Å². The normalized spacial score (nSPS) is 10.1. The monoisotopic (exact) mass is 287 g/mol. The summed E-state index contributed by atoms with van der Waals surface area (Å²) in [5.41, 5.74) is 0.717. The predicted molar refractivity (Wildman–Crippen MR) is 77.9 cm³/mol. The van der Waals surface area contributed by atoms with Gasteiger partial charge in [0.25, 0.3) is 0 Å². The van der Waals surface area contributed by atoms with Crippen molar-refractivity contribution in [1.29, 1.82) is 0 Å². The summed E-state index contributed by atoms with van der Waals surface area (Å²) in [4.78, 5) is 12.5. The highest BCUT2D eigenvalue weighted by Crippen LogP contribution is 2.17. The lowest BCUT2D eigenvalue weighted by Crippen LogP contribution is -2.17. The summed E-state index contributed by atoms with van der Waals surface area (Å²) in [6.45, 7) is 1.19. The molecule has 0 aromatic heterocycles. The smallest absolute Gasteiger partial charge is 0.411 e. The lowest BCUT2D eigenvalue weighted by Gasteiger charge is -2.07. The summed E-state index contributed by atoms with van der Waals surface area (Å²) >= 11 is 5.65. The van der Waals surface area contributed by atoms with Crippen LogP contribution in [0.4, 0.5) is 10.5 Å². The Morgan fingerprint density at radius 1 is 1.28 bits per heavy atom. The van der Waals surface area contributed by atoms with E-state index in [1.165, 1.54) is 0 Å². The maximum atomic E-state index is 11.4. The van der Waals surface area contributed by atoms with Gasteiger partial charge in [-0.05, 0) is 30.5 Å². The summed E-state index contributed by atoms with van der Waals surface area (Å²) in [7, 11) is 0. The molecule has 0 spiro atoms. The predicted octanol–water partition coefficient (Wildman–Crippen LogP) is 2.90. The van der Waals surface area contributed by atoms with Gasteiger partial charge in [-0.2, -0.15) is 12.6 Å². The van der Waals surface area contributed by atoms with E-state index >= 15 is 0 Å². The van der Waals surface area contributed by atoms with Crippen LogP contribution < -0.4 is 5.32 Å². The Balaban J connectivity index is 2.22. The van der Waals surface area contributed by atoms with E-state index in [9.17, 15) is 4.79 Å². The summed E-state index contributed by atoms with van der Waals surface area (Å²) in [6, 6.07) is 7.56. The van der Waals surface area contributed by atoms with Gasteiger partial charge in [0.15, 0.2) is 0 Å². The standard InChI is InChI=1S/C12H17NO3S2/c1-18-11-4-2-10(3-5-11)13-12(14)16-7-6-15-8-9-17/h2-5,17H,6-9H2,1H3,(H,13,14). The van der Waals surface area contributed by atoms with Crippen LogP contribution in [0.3, 0.4) is 0 Å². The van der Waals surface area contributed by atoms with Crippen LogP contribution in [0.2, 0.25) is 0 Å². The first kappa shape index (κ1) is 15.2. The van der Waals surface area contributed by atoms with Crippen molar-refractivity contribution in [2.24, 2.45) is 0 Å². The van der Waals surface area contributed by atoms with Crippen LogP contribution in [0.25, 0.3) is 0 Å². The van der Waals surface area contributed by atoms with E-state index in [4.69, 9.17) is 9.47 Å². The number of anilines is 1. The third kappa shape index (κ3) is 6.18. The molecule has 0 aliphatic heterocycles. The van der Waals surface area contributed by atoms with Crippen molar-refractivity contribution < 1.29 is 14.3 Å². The molecule has 4 nitrogen and oxygen atoms in total. The molecule has 1 aromatic carbocycles. The molecule has 100 valence electrons.